The topological polar surface area (TPSA) is 52.6 Å². The number of aliphatic hydroxyl groups is 1. The maximum Gasteiger partial charge on any atom is 0.256 e. The van der Waals surface area contributed by atoms with Crippen molar-refractivity contribution in [2.75, 3.05) is 19.6 Å². The van der Waals surface area contributed by atoms with Gasteiger partial charge in [-0.25, -0.2) is 0 Å². The van der Waals surface area contributed by atoms with Crippen LogP contribution in [0.15, 0.2) is 24.3 Å². The predicted octanol–water partition coefficient (Wildman–Crippen LogP) is 2.27. The minimum Gasteiger partial charge on any atom is -0.379 e. The molecule has 0 radical (unpaired) electrons. The summed E-state index contributed by atoms with van der Waals surface area (Å²) in [7, 11) is 0. The van der Waals surface area contributed by atoms with Gasteiger partial charge in [-0.15, -0.1) is 0 Å². The van der Waals surface area contributed by atoms with Crippen molar-refractivity contribution < 1.29 is 9.90 Å². The molecule has 0 spiro atoms. The molecule has 1 fully saturated rings. The van der Waals surface area contributed by atoms with Gasteiger partial charge in [0, 0.05) is 19.6 Å². The van der Waals surface area contributed by atoms with Gasteiger partial charge >= 0.3 is 0 Å². The molecule has 1 saturated heterocycles. The zero-order valence-corrected chi connectivity index (χ0v) is 13.9. The van der Waals surface area contributed by atoms with Gasteiger partial charge in [-0.05, 0) is 36.4 Å². The van der Waals surface area contributed by atoms with E-state index in [0.29, 0.717) is 25.4 Å². The van der Waals surface area contributed by atoms with Gasteiger partial charge in [0.1, 0.15) is 0 Å². The molecule has 0 bridgehead atoms. The Morgan fingerprint density at radius 2 is 2.00 bits per heavy atom. The first-order valence-electron chi connectivity index (χ1n) is 8.27. The Bertz CT molecular complexity index is 498. The van der Waals surface area contributed by atoms with Crippen LogP contribution in [0.4, 0.5) is 0 Å². The van der Waals surface area contributed by atoms with Crippen molar-refractivity contribution in [3.8, 4) is 0 Å². The fourth-order valence-electron chi connectivity index (χ4n) is 2.94. The molecule has 22 heavy (non-hydrogen) atoms. The Labute approximate surface area is 133 Å². The van der Waals surface area contributed by atoms with Gasteiger partial charge in [-0.1, -0.05) is 45.0 Å². The van der Waals surface area contributed by atoms with E-state index in [-0.39, 0.29) is 5.91 Å². The van der Waals surface area contributed by atoms with Crippen LogP contribution in [-0.2, 0) is 11.3 Å². The minimum absolute atomic E-state index is 0.146. The molecular formula is C18H28N2O2. The molecule has 1 amide bonds. The number of hydrogen-bond donors (Lipinski definition) is 2. The average Bonchev–Trinajstić information content (AvgIpc) is 2.51. The zero-order valence-electron chi connectivity index (χ0n) is 13.9. The summed E-state index contributed by atoms with van der Waals surface area (Å²) in [6, 6.07) is 8.42. The molecule has 1 atom stereocenters. The number of carbonyl (C=O) groups excluding carboxylic acids is 1. The van der Waals surface area contributed by atoms with Crippen LogP contribution in [0.1, 0.15) is 50.7 Å². The number of hydrogen-bond acceptors (Lipinski definition) is 3. The Morgan fingerprint density at radius 3 is 2.59 bits per heavy atom. The lowest BCUT2D eigenvalue weighted by atomic mass is 9.91. The lowest BCUT2D eigenvalue weighted by Crippen LogP contribution is -2.57. The first-order valence-corrected chi connectivity index (χ1v) is 8.27. The number of carbonyl (C=O) groups is 1. The van der Waals surface area contributed by atoms with Gasteiger partial charge in [-0.2, -0.15) is 0 Å². The van der Waals surface area contributed by atoms with Crippen molar-refractivity contribution in [3.63, 3.8) is 0 Å². The van der Waals surface area contributed by atoms with Gasteiger partial charge < -0.3 is 15.3 Å². The number of nitrogens with one attached hydrogen (secondary N) is 1. The monoisotopic (exact) mass is 304 g/mol. The summed E-state index contributed by atoms with van der Waals surface area (Å²) in [4.78, 5) is 14.4. The highest BCUT2D eigenvalue weighted by atomic mass is 16.3. The van der Waals surface area contributed by atoms with Crippen LogP contribution in [0.5, 0.6) is 0 Å². The summed E-state index contributed by atoms with van der Waals surface area (Å²) < 4.78 is 0. The highest BCUT2D eigenvalue weighted by molar-refractivity contribution is 5.86. The molecule has 1 aromatic carbocycles. The second-order valence-electron chi connectivity index (χ2n) is 6.54. The fraction of sp³-hybridized carbons (Fsp3) is 0.611. The van der Waals surface area contributed by atoms with Crippen molar-refractivity contribution in [1.82, 2.24) is 10.2 Å². The van der Waals surface area contributed by atoms with E-state index in [1.165, 1.54) is 5.56 Å². The smallest absolute Gasteiger partial charge is 0.256 e. The maximum atomic E-state index is 12.6. The molecule has 1 heterocycles. The summed E-state index contributed by atoms with van der Waals surface area (Å²) in [5.74, 6) is 0.364. The molecule has 0 saturated carbocycles. The van der Waals surface area contributed by atoms with Crippen LogP contribution in [0, 0.1) is 0 Å². The Balaban J connectivity index is 2.04. The third-order valence-corrected chi connectivity index (χ3v) is 4.39. The van der Waals surface area contributed by atoms with Gasteiger partial charge in [0.25, 0.3) is 5.91 Å². The maximum absolute atomic E-state index is 12.6. The van der Waals surface area contributed by atoms with Crippen LogP contribution >= 0.6 is 0 Å². The molecule has 0 aliphatic carbocycles. The second kappa shape index (κ2) is 7.25. The van der Waals surface area contributed by atoms with Crippen molar-refractivity contribution in [2.24, 2.45) is 0 Å². The lowest BCUT2D eigenvalue weighted by molar-refractivity contribution is -0.157. The van der Waals surface area contributed by atoms with E-state index in [4.69, 9.17) is 0 Å². The number of rotatable bonds is 6. The molecule has 1 aromatic rings. The summed E-state index contributed by atoms with van der Waals surface area (Å²) in [5.41, 5.74) is 1.18. The Kier molecular flexibility index (Phi) is 5.59. The third kappa shape index (κ3) is 3.87. The van der Waals surface area contributed by atoms with E-state index >= 15 is 0 Å². The van der Waals surface area contributed by atoms with Gasteiger partial charge in [0.2, 0.25) is 0 Å². The zero-order chi connectivity index (χ0) is 16.2. The standard InChI is InChI=1S/C18H28N2O2/c1-4-19-13-18(22)10-5-11-20(17(18)21)12-15-6-8-16(9-7-15)14(2)3/h6-9,14,19,22H,4-5,10-13H2,1-3H3/t18-/m1/s1. The lowest BCUT2D eigenvalue weighted by Gasteiger charge is -2.38. The predicted molar refractivity (Wildman–Crippen MR) is 88.7 cm³/mol. The van der Waals surface area contributed by atoms with Gasteiger partial charge in [0.15, 0.2) is 5.60 Å². The highest BCUT2D eigenvalue weighted by Gasteiger charge is 2.41. The van der Waals surface area contributed by atoms with E-state index in [2.05, 4.69) is 43.4 Å². The first-order chi connectivity index (χ1) is 10.5. The number of nitrogens with zero attached hydrogens (tertiary/aromatic N) is 1. The van der Waals surface area contributed by atoms with Crippen LogP contribution < -0.4 is 5.32 Å². The molecule has 0 aromatic heterocycles. The van der Waals surface area contributed by atoms with E-state index in [0.717, 1.165) is 25.1 Å². The number of likely N-dealkylation sites (tertiary alicyclic amines) is 1. The van der Waals surface area contributed by atoms with E-state index < -0.39 is 5.60 Å². The SMILES string of the molecule is CCNC[C@]1(O)CCCN(Cc2ccc(C(C)C)cc2)C1=O. The quantitative estimate of drug-likeness (QED) is 0.848. The second-order valence-corrected chi connectivity index (χ2v) is 6.54. The van der Waals surface area contributed by atoms with Crippen molar-refractivity contribution >= 4 is 5.91 Å². The van der Waals surface area contributed by atoms with E-state index in [1.54, 1.807) is 4.90 Å². The van der Waals surface area contributed by atoms with Crippen LogP contribution in [0.25, 0.3) is 0 Å². The molecule has 2 N–H and O–H groups in total. The summed E-state index contributed by atoms with van der Waals surface area (Å²) >= 11 is 0. The molecule has 4 nitrogen and oxygen atoms in total. The van der Waals surface area contributed by atoms with Gasteiger partial charge in [0.05, 0.1) is 0 Å². The molecule has 122 valence electrons. The molecule has 2 rings (SSSR count). The average molecular weight is 304 g/mol. The largest absolute Gasteiger partial charge is 0.379 e. The number of likely N-dealkylation sites (N-methyl/N-ethyl adjacent to an activating group) is 1. The van der Waals surface area contributed by atoms with Crippen LogP contribution in [-0.4, -0.2) is 41.1 Å². The molecule has 0 unspecified atom stereocenters. The molecule has 1 aliphatic heterocycles. The first kappa shape index (κ1) is 17.0. The van der Waals surface area contributed by atoms with Crippen molar-refractivity contribution in [3.05, 3.63) is 35.4 Å². The van der Waals surface area contributed by atoms with Crippen molar-refractivity contribution in [1.29, 1.82) is 0 Å². The number of piperidine rings is 1. The summed E-state index contributed by atoms with van der Waals surface area (Å²) in [5, 5.41) is 13.7. The van der Waals surface area contributed by atoms with Gasteiger partial charge in [-0.3, -0.25) is 4.79 Å². The highest BCUT2D eigenvalue weighted by Crippen LogP contribution is 2.24. The number of benzene rings is 1. The fourth-order valence-corrected chi connectivity index (χ4v) is 2.94. The minimum atomic E-state index is -1.24. The number of amides is 1. The van der Waals surface area contributed by atoms with Crippen LogP contribution in [0.2, 0.25) is 0 Å². The van der Waals surface area contributed by atoms with E-state index in [9.17, 15) is 9.90 Å². The third-order valence-electron chi connectivity index (χ3n) is 4.39. The van der Waals surface area contributed by atoms with Crippen molar-refractivity contribution in [2.45, 2.75) is 51.7 Å². The van der Waals surface area contributed by atoms with Crippen LogP contribution in [0.3, 0.4) is 0 Å². The molecule has 1 aliphatic rings. The Morgan fingerprint density at radius 1 is 1.32 bits per heavy atom. The van der Waals surface area contributed by atoms with E-state index in [1.807, 2.05) is 6.92 Å². The molecule has 4 heteroatoms. The summed E-state index contributed by atoms with van der Waals surface area (Å²) in [6.45, 7) is 8.71. The normalized spacial score (nSPS) is 22.4. The summed E-state index contributed by atoms with van der Waals surface area (Å²) in [6.07, 6.45) is 1.39. The Hall–Kier alpha value is -1.39. The molecular weight excluding hydrogens is 276 g/mol.